The highest BCUT2D eigenvalue weighted by Crippen LogP contribution is 2.43. The zero-order valence-electron chi connectivity index (χ0n) is 11.7. The van der Waals surface area contributed by atoms with Crippen molar-refractivity contribution in [2.75, 3.05) is 7.11 Å². The highest BCUT2D eigenvalue weighted by atomic mass is 79.9. The molecule has 21 heavy (non-hydrogen) atoms. The van der Waals surface area contributed by atoms with Crippen LogP contribution in [0.1, 0.15) is 24.4 Å². The molecule has 1 heterocycles. The van der Waals surface area contributed by atoms with E-state index in [9.17, 15) is 4.79 Å². The van der Waals surface area contributed by atoms with Gasteiger partial charge in [0.15, 0.2) is 11.5 Å². The summed E-state index contributed by atoms with van der Waals surface area (Å²) in [7, 11) is 1.53. The van der Waals surface area contributed by atoms with E-state index in [0.717, 1.165) is 0 Å². The first-order chi connectivity index (χ1) is 9.93. The lowest BCUT2D eigenvalue weighted by atomic mass is 10.1. The van der Waals surface area contributed by atoms with Gasteiger partial charge in [0.25, 0.3) is 0 Å². The Kier molecular flexibility index (Phi) is 4.52. The Labute approximate surface area is 129 Å². The van der Waals surface area contributed by atoms with Crippen LogP contribution >= 0.6 is 15.9 Å². The minimum atomic E-state index is -1.18. The predicted octanol–water partition coefficient (Wildman–Crippen LogP) is 3.60. The zero-order chi connectivity index (χ0) is 15.6. The quantitative estimate of drug-likeness (QED) is 0.882. The number of aromatic nitrogens is 1. The maximum absolute atomic E-state index is 10.9. The fourth-order valence-corrected chi connectivity index (χ4v) is 2.30. The van der Waals surface area contributed by atoms with Crippen LogP contribution in [0.3, 0.4) is 0 Å². The maximum Gasteiger partial charge on any atom is 0.374 e. The SMILES string of the molecule is COc1ccc(Br)c(-c2cc(C(=O)O)on2)c1OC(C)C. The smallest absolute Gasteiger partial charge is 0.374 e. The van der Waals surface area contributed by atoms with Crippen LogP contribution in [0.15, 0.2) is 27.2 Å². The summed E-state index contributed by atoms with van der Waals surface area (Å²) in [6, 6.07) is 4.87. The van der Waals surface area contributed by atoms with Crippen LogP contribution in [0.5, 0.6) is 11.5 Å². The van der Waals surface area contributed by atoms with Gasteiger partial charge in [-0.1, -0.05) is 5.16 Å². The molecule has 0 fully saturated rings. The molecule has 0 saturated heterocycles. The summed E-state index contributed by atoms with van der Waals surface area (Å²) in [5.74, 6) is -0.414. The van der Waals surface area contributed by atoms with Gasteiger partial charge in [0.05, 0.1) is 18.8 Å². The molecular weight excluding hydrogens is 342 g/mol. The number of hydrogen-bond acceptors (Lipinski definition) is 5. The lowest BCUT2D eigenvalue weighted by Gasteiger charge is -2.17. The molecule has 112 valence electrons. The number of benzene rings is 1. The molecule has 0 aliphatic rings. The molecule has 1 N–H and O–H groups in total. The average molecular weight is 356 g/mol. The van der Waals surface area contributed by atoms with Crippen molar-refractivity contribution in [2.24, 2.45) is 0 Å². The third kappa shape index (κ3) is 3.18. The number of carboxylic acids is 1. The Balaban J connectivity index is 2.61. The average Bonchev–Trinajstić information content (AvgIpc) is 2.88. The number of halogens is 1. The van der Waals surface area contributed by atoms with Gasteiger partial charge < -0.3 is 19.1 Å². The van der Waals surface area contributed by atoms with Gasteiger partial charge in [-0.05, 0) is 41.9 Å². The Morgan fingerprint density at radius 2 is 2.14 bits per heavy atom. The summed E-state index contributed by atoms with van der Waals surface area (Å²) < 4.78 is 16.6. The molecule has 1 aromatic heterocycles. The number of carboxylic acid groups (broad SMARTS) is 1. The van der Waals surface area contributed by atoms with E-state index in [-0.39, 0.29) is 11.9 Å². The van der Waals surface area contributed by atoms with Crippen molar-refractivity contribution in [3.63, 3.8) is 0 Å². The van der Waals surface area contributed by atoms with Gasteiger partial charge in [-0.2, -0.15) is 0 Å². The minimum Gasteiger partial charge on any atom is -0.493 e. The van der Waals surface area contributed by atoms with Gasteiger partial charge in [0.2, 0.25) is 5.76 Å². The first-order valence-electron chi connectivity index (χ1n) is 6.17. The molecular formula is C14H14BrNO5. The van der Waals surface area contributed by atoms with Crippen molar-refractivity contribution in [2.45, 2.75) is 20.0 Å². The van der Waals surface area contributed by atoms with Crippen LogP contribution in [0.25, 0.3) is 11.3 Å². The Hall–Kier alpha value is -2.02. The summed E-state index contributed by atoms with van der Waals surface area (Å²) in [6.45, 7) is 3.77. The van der Waals surface area contributed by atoms with E-state index in [2.05, 4.69) is 21.1 Å². The molecule has 0 atom stereocenters. The molecule has 0 radical (unpaired) electrons. The molecule has 1 aromatic carbocycles. The molecule has 0 unspecified atom stereocenters. The molecule has 2 aromatic rings. The van der Waals surface area contributed by atoms with Crippen molar-refractivity contribution in [3.05, 3.63) is 28.4 Å². The van der Waals surface area contributed by atoms with Crippen molar-refractivity contribution in [3.8, 4) is 22.8 Å². The third-order valence-corrected chi connectivity index (χ3v) is 3.28. The van der Waals surface area contributed by atoms with E-state index in [4.69, 9.17) is 19.1 Å². The number of rotatable bonds is 5. The summed E-state index contributed by atoms with van der Waals surface area (Å²) in [5, 5.41) is 12.7. The Morgan fingerprint density at radius 3 is 2.67 bits per heavy atom. The number of ether oxygens (including phenoxy) is 2. The fraction of sp³-hybridized carbons (Fsp3) is 0.286. The highest BCUT2D eigenvalue weighted by Gasteiger charge is 2.22. The molecule has 0 spiro atoms. The van der Waals surface area contributed by atoms with Crippen molar-refractivity contribution in [1.29, 1.82) is 0 Å². The van der Waals surface area contributed by atoms with Crippen LogP contribution in [-0.4, -0.2) is 29.4 Å². The molecule has 0 aliphatic heterocycles. The van der Waals surface area contributed by atoms with E-state index in [1.165, 1.54) is 13.2 Å². The van der Waals surface area contributed by atoms with Crippen LogP contribution < -0.4 is 9.47 Å². The van der Waals surface area contributed by atoms with Gasteiger partial charge in [0.1, 0.15) is 5.69 Å². The van der Waals surface area contributed by atoms with E-state index >= 15 is 0 Å². The normalized spacial score (nSPS) is 10.7. The van der Waals surface area contributed by atoms with Gasteiger partial charge in [0, 0.05) is 10.5 Å². The molecule has 2 rings (SSSR count). The predicted molar refractivity (Wildman–Crippen MR) is 78.9 cm³/mol. The van der Waals surface area contributed by atoms with Crippen LogP contribution in [0, 0.1) is 0 Å². The molecule has 0 aliphatic carbocycles. The monoisotopic (exact) mass is 355 g/mol. The number of hydrogen-bond donors (Lipinski definition) is 1. The number of methoxy groups -OCH3 is 1. The topological polar surface area (TPSA) is 81.8 Å². The largest absolute Gasteiger partial charge is 0.493 e. The summed E-state index contributed by atoms with van der Waals surface area (Å²) in [4.78, 5) is 10.9. The number of aromatic carboxylic acids is 1. The van der Waals surface area contributed by atoms with Gasteiger partial charge in [-0.15, -0.1) is 0 Å². The first kappa shape index (κ1) is 15.4. The fourth-order valence-electron chi connectivity index (χ4n) is 1.79. The first-order valence-corrected chi connectivity index (χ1v) is 6.96. The molecule has 0 bridgehead atoms. The number of nitrogens with zero attached hydrogens (tertiary/aromatic N) is 1. The molecule has 0 amide bonds. The van der Waals surface area contributed by atoms with E-state index in [1.807, 2.05) is 13.8 Å². The second-order valence-electron chi connectivity index (χ2n) is 4.50. The summed E-state index contributed by atoms with van der Waals surface area (Å²) in [6.07, 6.45) is -0.0854. The Morgan fingerprint density at radius 1 is 1.43 bits per heavy atom. The number of carbonyl (C=O) groups is 1. The van der Waals surface area contributed by atoms with Gasteiger partial charge >= 0.3 is 5.97 Å². The lowest BCUT2D eigenvalue weighted by Crippen LogP contribution is -2.08. The van der Waals surface area contributed by atoms with Crippen molar-refractivity contribution in [1.82, 2.24) is 5.16 Å². The standard InChI is InChI=1S/C14H14BrNO5/c1-7(2)20-13-10(19-3)5-4-8(15)12(13)9-6-11(14(17)18)21-16-9/h4-7H,1-3H3,(H,17,18). The second-order valence-corrected chi connectivity index (χ2v) is 5.36. The maximum atomic E-state index is 10.9. The van der Waals surface area contributed by atoms with Gasteiger partial charge in [-0.3, -0.25) is 0 Å². The Bertz CT molecular complexity index is 665. The van der Waals surface area contributed by atoms with E-state index in [0.29, 0.717) is 27.2 Å². The highest BCUT2D eigenvalue weighted by molar-refractivity contribution is 9.10. The van der Waals surface area contributed by atoms with Crippen molar-refractivity contribution < 1.29 is 23.9 Å². The summed E-state index contributed by atoms with van der Waals surface area (Å²) in [5.41, 5.74) is 0.938. The lowest BCUT2D eigenvalue weighted by molar-refractivity contribution is 0.0652. The molecule has 6 nitrogen and oxygen atoms in total. The molecule has 7 heteroatoms. The van der Waals surface area contributed by atoms with Crippen LogP contribution in [0.4, 0.5) is 0 Å². The second kappa shape index (κ2) is 6.17. The van der Waals surface area contributed by atoms with Crippen molar-refractivity contribution >= 4 is 21.9 Å². The van der Waals surface area contributed by atoms with E-state index < -0.39 is 5.97 Å². The van der Waals surface area contributed by atoms with Gasteiger partial charge in [-0.25, -0.2) is 4.79 Å². The molecule has 0 saturated carbocycles. The van der Waals surface area contributed by atoms with Crippen LogP contribution in [0.2, 0.25) is 0 Å². The van der Waals surface area contributed by atoms with E-state index in [1.54, 1.807) is 12.1 Å². The zero-order valence-corrected chi connectivity index (χ0v) is 13.3. The minimum absolute atomic E-state index is 0.0854. The van der Waals surface area contributed by atoms with Crippen LogP contribution in [-0.2, 0) is 0 Å². The summed E-state index contributed by atoms with van der Waals surface area (Å²) >= 11 is 3.42. The third-order valence-electron chi connectivity index (χ3n) is 2.62.